The first kappa shape index (κ1) is 32.7. The number of benzene rings is 2. The number of aromatic nitrogens is 1. The lowest BCUT2D eigenvalue weighted by Crippen LogP contribution is -2.24. The first-order valence-corrected chi connectivity index (χ1v) is 15.0. The topological polar surface area (TPSA) is 172 Å². The summed E-state index contributed by atoms with van der Waals surface area (Å²) in [5.74, 6) is -0.322. The van der Waals surface area contributed by atoms with E-state index < -0.39 is 12.0 Å². The lowest BCUT2D eigenvalue weighted by atomic mass is 9.85. The van der Waals surface area contributed by atoms with Gasteiger partial charge in [0.25, 0.3) is 0 Å². The van der Waals surface area contributed by atoms with E-state index in [9.17, 15) is 15.0 Å². The molecule has 0 bridgehead atoms. The summed E-state index contributed by atoms with van der Waals surface area (Å²) in [6.07, 6.45) is 11.0. The maximum atomic E-state index is 11.7. The summed E-state index contributed by atoms with van der Waals surface area (Å²) in [6, 6.07) is 18.1. The highest BCUT2D eigenvalue weighted by Crippen LogP contribution is 2.34. The van der Waals surface area contributed by atoms with Crippen molar-refractivity contribution in [2.24, 2.45) is 16.5 Å². The van der Waals surface area contributed by atoms with Crippen molar-refractivity contribution in [3.05, 3.63) is 83.3 Å². The number of hydrogen-bond donors (Lipinski definition) is 6. The van der Waals surface area contributed by atoms with E-state index in [0.29, 0.717) is 17.8 Å². The summed E-state index contributed by atoms with van der Waals surface area (Å²) < 4.78 is 0. The van der Waals surface area contributed by atoms with Crippen LogP contribution in [-0.2, 0) is 4.79 Å². The number of aliphatic hydroxyl groups excluding tert-OH is 2. The van der Waals surface area contributed by atoms with Crippen LogP contribution in [-0.4, -0.2) is 57.5 Å². The number of nitrogens with zero attached hydrogens (tertiary/aromatic N) is 2. The molecule has 8 N–H and O–H groups in total. The highest BCUT2D eigenvalue weighted by Gasteiger charge is 2.18. The van der Waals surface area contributed by atoms with Crippen molar-refractivity contribution in [1.29, 1.82) is 0 Å². The van der Waals surface area contributed by atoms with Crippen molar-refractivity contribution in [1.82, 2.24) is 4.98 Å². The number of aliphatic hydroxyl groups is 2. The van der Waals surface area contributed by atoms with Crippen LogP contribution in [0.4, 0.5) is 5.82 Å². The van der Waals surface area contributed by atoms with E-state index in [1.165, 1.54) is 16.3 Å². The standard InChI is InChI=1S/C33H46N5O4/c34-33(35)37-23-28(22-32(41)42)30(38-31-14-8-19-36-31)18-17-25(11-7-13-29(40)12-3-1-2-6-20-39)27-16-15-24-9-4-5-10-26(24)21-27/h4-5,8-10,14-16,19,21-22,25,29-30,36,39-40H,1-3,6-7,11-13,17-18,20,23H2,(H,41,42)(H4,34,35,37)/q-1. The molecule has 0 amide bonds. The van der Waals surface area contributed by atoms with Crippen molar-refractivity contribution in [2.75, 3.05) is 13.2 Å². The van der Waals surface area contributed by atoms with Crippen LogP contribution >= 0.6 is 0 Å². The van der Waals surface area contributed by atoms with Gasteiger partial charge in [0.1, 0.15) is 0 Å². The average molecular weight is 577 g/mol. The lowest BCUT2D eigenvalue weighted by Gasteiger charge is -2.29. The number of carboxylic acids is 1. The zero-order valence-corrected chi connectivity index (χ0v) is 24.4. The van der Waals surface area contributed by atoms with E-state index in [1.807, 2.05) is 24.3 Å². The van der Waals surface area contributed by atoms with Crippen LogP contribution in [0.3, 0.4) is 0 Å². The Morgan fingerprint density at radius 2 is 1.67 bits per heavy atom. The summed E-state index contributed by atoms with van der Waals surface area (Å²) in [7, 11) is 0. The zero-order chi connectivity index (χ0) is 30.2. The third-order valence-electron chi connectivity index (χ3n) is 7.63. The molecule has 9 heteroatoms. The van der Waals surface area contributed by atoms with Crippen LogP contribution in [0.1, 0.15) is 75.7 Å². The number of nitrogens with one attached hydrogen (secondary N) is 1. The predicted molar refractivity (Wildman–Crippen MR) is 170 cm³/mol. The Hall–Kier alpha value is -3.82. The van der Waals surface area contributed by atoms with Gasteiger partial charge in [0.15, 0.2) is 5.96 Å². The van der Waals surface area contributed by atoms with E-state index >= 15 is 0 Å². The Balaban J connectivity index is 1.76. The molecule has 0 fully saturated rings. The molecular weight excluding hydrogens is 530 g/mol. The summed E-state index contributed by atoms with van der Waals surface area (Å²) in [4.78, 5) is 18.9. The molecular formula is C33H46N5O4-. The molecule has 1 aromatic heterocycles. The molecule has 42 heavy (non-hydrogen) atoms. The van der Waals surface area contributed by atoms with Crippen molar-refractivity contribution < 1.29 is 20.1 Å². The van der Waals surface area contributed by atoms with Gasteiger partial charge in [-0.3, -0.25) is 0 Å². The number of carbonyl (C=O) groups is 1. The van der Waals surface area contributed by atoms with E-state index in [0.717, 1.165) is 63.9 Å². The van der Waals surface area contributed by atoms with Gasteiger partial charge in [0.05, 0.1) is 12.6 Å². The van der Waals surface area contributed by atoms with Crippen LogP contribution < -0.4 is 11.5 Å². The maximum absolute atomic E-state index is 11.7. The number of aliphatic carboxylic acids is 1. The van der Waals surface area contributed by atoms with Crippen LogP contribution in [0.25, 0.3) is 16.1 Å². The average Bonchev–Trinajstić information content (AvgIpc) is 3.49. The third-order valence-corrected chi connectivity index (χ3v) is 7.63. The molecule has 0 aliphatic carbocycles. The Morgan fingerprint density at radius 3 is 2.38 bits per heavy atom. The molecule has 3 rings (SSSR count). The lowest BCUT2D eigenvalue weighted by molar-refractivity contribution is -0.131. The molecule has 9 nitrogen and oxygen atoms in total. The monoisotopic (exact) mass is 576 g/mol. The second kappa shape index (κ2) is 17.9. The Morgan fingerprint density at radius 1 is 0.905 bits per heavy atom. The van der Waals surface area contributed by atoms with Gasteiger partial charge < -0.3 is 37.1 Å². The van der Waals surface area contributed by atoms with Gasteiger partial charge in [-0.15, -0.1) is 0 Å². The first-order valence-electron chi connectivity index (χ1n) is 15.0. The second-order valence-electron chi connectivity index (χ2n) is 10.9. The fraction of sp³-hybridized carbons (Fsp3) is 0.455. The molecule has 0 saturated heterocycles. The molecule has 3 atom stereocenters. The van der Waals surface area contributed by atoms with E-state index in [4.69, 9.17) is 21.9 Å². The number of guanidine groups is 1. The van der Waals surface area contributed by atoms with Crippen LogP contribution in [0, 0.1) is 0 Å². The predicted octanol–water partition coefficient (Wildman–Crippen LogP) is 5.86. The number of H-pyrrole nitrogens is 1. The van der Waals surface area contributed by atoms with Gasteiger partial charge in [-0.05, 0) is 72.4 Å². The molecule has 0 aliphatic rings. The Labute approximate surface area is 248 Å². The molecule has 3 aromatic rings. The fourth-order valence-corrected chi connectivity index (χ4v) is 5.38. The number of unbranched alkanes of at least 4 members (excludes halogenated alkanes) is 3. The molecule has 2 aromatic carbocycles. The molecule has 0 radical (unpaired) electrons. The number of aromatic amines is 1. The second-order valence-corrected chi connectivity index (χ2v) is 10.9. The Kier molecular flexibility index (Phi) is 13.9. The van der Waals surface area contributed by atoms with Gasteiger partial charge in [0, 0.05) is 12.7 Å². The minimum absolute atomic E-state index is 0.0502. The van der Waals surface area contributed by atoms with Gasteiger partial charge in [0.2, 0.25) is 0 Å². The highest BCUT2D eigenvalue weighted by atomic mass is 16.4. The third kappa shape index (κ3) is 11.6. The maximum Gasteiger partial charge on any atom is 0.328 e. The highest BCUT2D eigenvalue weighted by molar-refractivity contribution is 5.83. The molecule has 1 heterocycles. The number of aliphatic imine (C=N–C) groups is 1. The van der Waals surface area contributed by atoms with E-state index in [2.05, 4.69) is 40.3 Å². The summed E-state index contributed by atoms with van der Waals surface area (Å²) in [5, 5.41) is 36.3. The van der Waals surface area contributed by atoms with E-state index in [1.54, 1.807) is 6.20 Å². The normalized spacial score (nSPS) is 13.9. The number of nitrogens with two attached hydrogens (primary N) is 2. The van der Waals surface area contributed by atoms with Crippen LogP contribution in [0.2, 0.25) is 0 Å². The van der Waals surface area contributed by atoms with Crippen molar-refractivity contribution >= 4 is 28.5 Å². The number of rotatable bonds is 20. The molecule has 0 saturated carbocycles. The summed E-state index contributed by atoms with van der Waals surface area (Å²) >= 11 is 0. The van der Waals surface area contributed by atoms with Gasteiger partial charge in [-0.25, -0.2) is 9.79 Å². The van der Waals surface area contributed by atoms with Crippen LogP contribution in [0.15, 0.2) is 77.4 Å². The van der Waals surface area contributed by atoms with Crippen molar-refractivity contribution in [3.63, 3.8) is 0 Å². The SMILES string of the molecule is NC(N)=NCC(=CC(=O)O)C(CCC(CCCC(O)CCCCCCO)c1ccc2ccccc2c1)[N-]c1ccc[nH]1. The zero-order valence-electron chi connectivity index (χ0n) is 24.4. The summed E-state index contributed by atoms with van der Waals surface area (Å²) in [6.45, 7) is 0.272. The van der Waals surface area contributed by atoms with Gasteiger partial charge in [-0.1, -0.05) is 92.3 Å². The van der Waals surface area contributed by atoms with E-state index in [-0.39, 0.29) is 31.1 Å². The van der Waals surface area contributed by atoms with Crippen molar-refractivity contribution in [3.8, 4) is 0 Å². The van der Waals surface area contributed by atoms with Crippen molar-refractivity contribution in [2.45, 2.75) is 82.3 Å². The molecule has 0 aliphatic heterocycles. The van der Waals surface area contributed by atoms with Crippen LogP contribution in [0.5, 0.6) is 0 Å². The number of hydrogen-bond acceptors (Lipinski definition) is 4. The van der Waals surface area contributed by atoms with Gasteiger partial charge in [-0.2, -0.15) is 0 Å². The molecule has 3 unspecified atom stereocenters. The summed E-state index contributed by atoms with van der Waals surface area (Å²) in [5.41, 5.74) is 12.9. The number of fused-ring (bicyclic) bond motifs is 1. The molecule has 228 valence electrons. The minimum atomic E-state index is -1.07. The molecule has 0 spiro atoms. The largest absolute Gasteiger partial charge is 0.478 e. The smallest absolute Gasteiger partial charge is 0.328 e. The quantitative estimate of drug-likeness (QED) is 0.0425. The number of carboxylic acid groups (broad SMARTS) is 1. The first-order chi connectivity index (χ1) is 20.4. The minimum Gasteiger partial charge on any atom is -0.478 e. The van der Waals surface area contributed by atoms with Gasteiger partial charge >= 0.3 is 5.97 Å². The Bertz CT molecular complexity index is 1270. The fourth-order valence-electron chi connectivity index (χ4n) is 5.38.